The zero-order chi connectivity index (χ0) is 20.5. The summed E-state index contributed by atoms with van der Waals surface area (Å²) in [4.78, 5) is 21.8. The summed E-state index contributed by atoms with van der Waals surface area (Å²) in [5, 5.41) is 9.06. The van der Waals surface area contributed by atoms with Crippen LogP contribution in [-0.2, 0) is 0 Å². The Kier molecular flexibility index (Phi) is 4.26. The SMILES string of the molecule is Cc1cccc(-c2[nH]c(-c3ccc(C#N)cc3)nc2-c2ccc3nccnc3c2)n1. The van der Waals surface area contributed by atoms with Crippen LogP contribution in [0.2, 0.25) is 0 Å². The van der Waals surface area contributed by atoms with E-state index in [0.717, 1.165) is 44.9 Å². The fourth-order valence-corrected chi connectivity index (χ4v) is 3.40. The van der Waals surface area contributed by atoms with E-state index in [4.69, 9.17) is 10.2 Å². The maximum absolute atomic E-state index is 9.06. The molecule has 0 fully saturated rings. The minimum Gasteiger partial charge on any atom is -0.336 e. The Labute approximate surface area is 172 Å². The molecule has 6 heteroatoms. The van der Waals surface area contributed by atoms with E-state index in [2.05, 4.69) is 26.0 Å². The van der Waals surface area contributed by atoms with Crippen LogP contribution in [0.5, 0.6) is 0 Å². The lowest BCUT2D eigenvalue weighted by Gasteiger charge is -2.04. The molecule has 0 saturated carbocycles. The second-order valence-corrected chi connectivity index (χ2v) is 6.92. The number of hydrogen-bond donors (Lipinski definition) is 1. The molecule has 0 aliphatic heterocycles. The molecule has 0 unspecified atom stereocenters. The van der Waals surface area contributed by atoms with Gasteiger partial charge in [-0.3, -0.25) is 15.0 Å². The highest BCUT2D eigenvalue weighted by molar-refractivity contribution is 5.86. The van der Waals surface area contributed by atoms with Crippen LogP contribution in [0.15, 0.2) is 73.1 Å². The van der Waals surface area contributed by atoms with Crippen LogP contribution < -0.4 is 0 Å². The number of H-pyrrole nitrogens is 1. The van der Waals surface area contributed by atoms with Gasteiger partial charge in [-0.15, -0.1) is 0 Å². The molecule has 0 amide bonds. The van der Waals surface area contributed by atoms with Crippen molar-refractivity contribution in [2.24, 2.45) is 0 Å². The van der Waals surface area contributed by atoms with E-state index in [0.29, 0.717) is 11.4 Å². The molecule has 0 saturated heterocycles. The van der Waals surface area contributed by atoms with Crippen LogP contribution in [0.4, 0.5) is 0 Å². The molecule has 5 aromatic rings. The fraction of sp³-hybridized carbons (Fsp3) is 0.0417. The number of benzene rings is 2. The molecule has 0 aliphatic rings. The van der Waals surface area contributed by atoms with E-state index in [1.54, 1.807) is 24.5 Å². The van der Waals surface area contributed by atoms with Crippen molar-refractivity contribution < 1.29 is 0 Å². The smallest absolute Gasteiger partial charge is 0.138 e. The Bertz CT molecular complexity index is 1410. The third kappa shape index (κ3) is 3.19. The highest BCUT2D eigenvalue weighted by Crippen LogP contribution is 2.33. The van der Waals surface area contributed by atoms with Crippen LogP contribution in [0.1, 0.15) is 11.3 Å². The normalized spacial score (nSPS) is 10.8. The molecule has 3 aromatic heterocycles. The number of aromatic nitrogens is 5. The molecule has 0 bridgehead atoms. The van der Waals surface area contributed by atoms with E-state index in [-0.39, 0.29) is 0 Å². The van der Waals surface area contributed by atoms with E-state index >= 15 is 0 Å². The van der Waals surface area contributed by atoms with E-state index in [9.17, 15) is 0 Å². The average Bonchev–Trinajstić information content (AvgIpc) is 3.24. The Morgan fingerprint density at radius 1 is 0.833 bits per heavy atom. The maximum atomic E-state index is 9.06. The van der Waals surface area contributed by atoms with Crippen molar-refractivity contribution in [1.29, 1.82) is 5.26 Å². The average molecular weight is 388 g/mol. The second kappa shape index (κ2) is 7.22. The van der Waals surface area contributed by atoms with Gasteiger partial charge in [0.2, 0.25) is 0 Å². The van der Waals surface area contributed by atoms with Gasteiger partial charge < -0.3 is 4.98 Å². The molecule has 2 aromatic carbocycles. The van der Waals surface area contributed by atoms with Crippen LogP contribution in [0.3, 0.4) is 0 Å². The van der Waals surface area contributed by atoms with Crippen molar-refractivity contribution in [2.45, 2.75) is 6.92 Å². The quantitative estimate of drug-likeness (QED) is 0.473. The van der Waals surface area contributed by atoms with Crippen LogP contribution in [0.25, 0.3) is 45.1 Å². The Hall–Kier alpha value is -4.37. The second-order valence-electron chi connectivity index (χ2n) is 6.92. The number of pyridine rings is 1. The summed E-state index contributed by atoms with van der Waals surface area (Å²) in [6.45, 7) is 1.96. The number of nitrogens with one attached hydrogen (secondary N) is 1. The lowest BCUT2D eigenvalue weighted by molar-refractivity contribution is 1.19. The van der Waals surface area contributed by atoms with Crippen molar-refractivity contribution in [3.05, 3.63) is 84.3 Å². The van der Waals surface area contributed by atoms with E-state index in [1.807, 2.05) is 55.5 Å². The van der Waals surface area contributed by atoms with Gasteiger partial charge in [-0.05, 0) is 55.5 Å². The number of nitriles is 1. The lowest BCUT2D eigenvalue weighted by atomic mass is 10.1. The van der Waals surface area contributed by atoms with Crippen molar-refractivity contribution in [3.63, 3.8) is 0 Å². The molecular weight excluding hydrogens is 372 g/mol. The predicted molar refractivity (Wildman–Crippen MR) is 115 cm³/mol. The first-order valence-corrected chi connectivity index (χ1v) is 9.47. The van der Waals surface area contributed by atoms with Crippen LogP contribution in [0, 0.1) is 18.3 Å². The monoisotopic (exact) mass is 388 g/mol. The maximum Gasteiger partial charge on any atom is 0.138 e. The zero-order valence-electron chi connectivity index (χ0n) is 16.2. The first-order chi connectivity index (χ1) is 14.7. The van der Waals surface area contributed by atoms with Gasteiger partial charge in [-0.25, -0.2) is 4.98 Å². The topological polar surface area (TPSA) is 91.1 Å². The molecule has 0 atom stereocenters. The summed E-state index contributed by atoms with van der Waals surface area (Å²) in [6, 6.07) is 21.3. The molecule has 0 aliphatic carbocycles. The van der Waals surface area contributed by atoms with Crippen molar-refractivity contribution >= 4 is 11.0 Å². The molecule has 6 nitrogen and oxygen atoms in total. The van der Waals surface area contributed by atoms with Crippen molar-refractivity contribution in [2.75, 3.05) is 0 Å². The van der Waals surface area contributed by atoms with Gasteiger partial charge in [-0.1, -0.05) is 12.1 Å². The third-order valence-electron chi connectivity index (χ3n) is 4.88. The number of rotatable bonds is 3. The number of imidazole rings is 1. The van der Waals surface area contributed by atoms with Gasteiger partial charge in [0.05, 0.1) is 39.7 Å². The Balaban J connectivity index is 1.71. The Morgan fingerprint density at radius 2 is 1.60 bits per heavy atom. The minimum absolute atomic E-state index is 0.610. The molecule has 5 rings (SSSR count). The van der Waals surface area contributed by atoms with Gasteiger partial charge in [0.1, 0.15) is 5.82 Å². The predicted octanol–water partition coefficient (Wildman–Crippen LogP) is 4.93. The van der Waals surface area contributed by atoms with Crippen LogP contribution >= 0.6 is 0 Å². The van der Waals surface area contributed by atoms with E-state index < -0.39 is 0 Å². The first kappa shape index (κ1) is 17.7. The molecular formula is C24H16N6. The molecule has 0 radical (unpaired) electrons. The molecule has 1 N–H and O–H groups in total. The summed E-state index contributed by atoms with van der Waals surface area (Å²) < 4.78 is 0. The summed E-state index contributed by atoms with van der Waals surface area (Å²) >= 11 is 0. The third-order valence-corrected chi connectivity index (χ3v) is 4.88. The largest absolute Gasteiger partial charge is 0.336 e. The number of hydrogen-bond acceptors (Lipinski definition) is 5. The summed E-state index contributed by atoms with van der Waals surface area (Å²) in [5.41, 5.74) is 7.45. The summed E-state index contributed by atoms with van der Waals surface area (Å²) in [6.07, 6.45) is 3.36. The summed E-state index contributed by atoms with van der Waals surface area (Å²) in [7, 11) is 0. The zero-order valence-corrected chi connectivity index (χ0v) is 16.2. The number of nitrogens with zero attached hydrogens (tertiary/aromatic N) is 5. The molecule has 0 spiro atoms. The first-order valence-electron chi connectivity index (χ1n) is 9.47. The minimum atomic E-state index is 0.610. The van der Waals surface area contributed by atoms with Gasteiger partial charge in [0.25, 0.3) is 0 Å². The Morgan fingerprint density at radius 3 is 2.37 bits per heavy atom. The fourth-order valence-electron chi connectivity index (χ4n) is 3.40. The van der Waals surface area contributed by atoms with Crippen molar-refractivity contribution in [3.8, 4) is 40.1 Å². The van der Waals surface area contributed by atoms with Gasteiger partial charge >= 0.3 is 0 Å². The molecule has 30 heavy (non-hydrogen) atoms. The summed E-state index contributed by atoms with van der Waals surface area (Å²) in [5.74, 6) is 0.715. The van der Waals surface area contributed by atoms with Gasteiger partial charge in [-0.2, -0.15) is 5.26 Å². The highest BCUT2D eigenvalue weighted by atomic mass is 15.0. The van der Waals surface area contributed by atoms with E-state index in [1.165, 1.54) is 0 Å². The number of aryl methyl sites for hydroxylation is 1. The number of fused-ring (bicyclic) bond motifs is 1. The van der Waals surface area contributed by atoms with Crippen molar-refractivity contribution in [1.82, 2.24) is 24.9 Å². The van der Waals surface area contributed by atoms with Gasteiger partial charge in [0.15, 0.2) is 0 Å². The molecule has 142 valence electrons. The van der Waals surface area contributed by atoms with Gasteiger partial charge in [0, 0.05) is 29.2 Å². The standard InChI is InChI=1S/C24H16N6/c1-15-3-2-4-20(28-15)23-22(18-9-10-19-21(13-18)27-12-11-26-19)29-24(30-23)17-7-5-16(14-25)6-8-17/h2-13H,1H3,(H,29,30). The lowest BCUT2D eigenvalue weighted by Crippen LogP contribution is -1.90. The molecule has 3 heterocycles. The van der Waals surface area contributed by atoms with Crippen LogP contribution in [-0.4, -0.2) is 24.9 Å². The highest BCUT2D eigenvalue weighted by Gasteiger charge is 2.17. The number of aromatic amines is 1.